The average molecular weight is 284 g/mol. The lowest BCUT2D eigenvalue weighted by Crippen LogP contribution is -2.35. The summed E-state index contributed by atoms with van der Waals surface area (Å²) < 4.78 is 43.2. The largest absolute Gasteiger partial charge is 0.491 e. The van der Waals surface area contributed by atoms with Gasteiger partial charge in [-0.3, -0.25) is 0 Å². The lowest BCUT2D eigenvalue weighted by atomic mass is 10.1. The van der Waals surface area contributed by atoms with Crippen LogP contribution in [0.25, 0.3) is 10.9 Å². The number of para-hydroxylation sites is 1. The van der Waals surface area contributed by atoms with Gasteiger partial charge in [-0.15, -0.1) is 0 Å². The molecule has 0 aliphatic heterocycles. The Morgan fingerprint density at radius 1 is 1.25 bits per heavy atom. The minimum atomic E-state index is -4.36. The van der Waals surface area contributed by atoms with Crippen LogP contribution in [0.5, 0.6) is 5.75 Å². The summed E-state index contributed by atoms with van der Waals surface area (Å²) in [5.74, 6) is -1.34. The molecule has 1 unspecified atom stereocenters. The van der Waals surface area contributed by atoms with E-state index in [4.69, 9.17) is 10.5 Å². The standard InChI is InChI=1S/C14H15F3N2O/c1-9-5-6-10-3-2-4-12(13(10)19-9)20-8-11(7-18)14(15,16)17/h2-6,11H,7-8,18H2,1H3. The van der Waals surface area contributed by atoms with Gasteiger partial charge in [0, 0.05) is 17.6 Å². The van der Waals surface area contributed by atoms with Gasteiger partial charge in [-0.25, -0.2) is 4.98 Å². The van der Waals surface area contributed by atoms with Crippen molar-refractivity contribution in [2.45, 2.75) is 13.1 Å². The molecule has 0 radical (unpaired) electrons. The van der Waals surface area contributed by atoms with Crippen molar-refractivity contribution in [2.24, 2.45) is 11.7 Å². The summed E-state index contributed by atoms with van der Waals surface area (Å²) >= 11 is 0. The predicted octanol–water partition coefficient (Wildman–Crippen LogP) is 3.06. The van der Waals surface area contributed by atoms with Crippen LogP contribution in [0.4, 0.5) is 13.2 Å². The van der Waals surface area contributed by atoms with Crippen LogP contribution in [-0.4, -0.2) is 24.3 Å². The maximum absolute atomic E-state index is 12.6. The molecule has 1 aromatic heterocycles. The molecule has 3 nitrogen and oxygen atoms in total. The second-order valence-electron chi connectivity index (χ2n) is 4.57. The monoisotopic (exact) mass is 284 g/mol. The van der Waals surface area contributed by atoms with Crippen molar-refractivity contribution in [2.75, 3.05) is 13.2 Å². The number of aryl methyl sites for hydroxylation is 1. The molecule has 1 atom stereocenters. The smallest absolute Gasteiger partial charge is 0.396 e. The zero-order valence-corrected chi connectivity index (χ0v) is 10.9. The molecule has 0 amide bonds. The van der Waals surface area contributed by atoms with Gasteiger partial charge in [0.15, 0.2) is 0 Å². The first kappa shape index (κ1) is 14.6. The van der Waals surface area contributed by atoms with Gasteiger partial charge in [-0.05, 0) is 19.1 Å². The summed E-state index contributed by atoms with van der Waals surface area (Å²) in [6.07, 6.45) is -4.36. The van der Waals surface area contributed by atoms with E-state index in [1.54, 1.807) is 12.1 Å². The van der Waals surface area contributed by atoms with Crippen LogP contribution in [0.1, 0.15) is 5.69 Å². The fourth-order valence-corrected chi connectivity index (χ4v) is 1.82. The minimum Gasteiger partial charge on any atom is -0.491 e. The lowest BCUT2D eigenvalue weighted by molar-refractivity contribution is -0.178. The first-order valence-electron chi connectivity index (χ1n) is 6.18. The van der Waals surface area contributed by atoms with Gasteiger partial charge in [0.05, 0.1) is 0 Å². The summed E-state index contributed by atoms with van der Waals surface area (Å²) in [5.41, 5.74) is 6.48. The van der Waals surface area contributed by atoms with Crippen molar-refractivity contribution in [1.82, 2.24) is 4.98 Å². The number of aromatic nitrogens is 1. The Morgan fingerprint density at radius 2 is 2.00 bits per heavy atom. The third-order valence-corrected chi connectivity index (χ3v) is 3.01. The highest BCUT2D eigenvalue weighted by atomic mass is 19.4. The van der Waals surface area contributed by atoms with Gasteiger partial charge >= 0.3 is 6.18 Å². The van der Waals surface area contributed by atoms with Gasteiger partial charge in [0.1, 0.15) is 23.8 Å². The quantitative estimate of drug-likeness (QED) is 0.938. The number of pyridine rings is 1. The van der Waals surface area contributed by atoms with Crippen LogP contribution < -0.4 is 10.5 Å². The van der Waals surface area contributed by atoms with Gasteiger partial charge in [-0.2, -0.15) is 13.2 Å². The van der Waals surface area contributed by atoms with E-state index in [2.05, 4.69) is 4.98 Å². The second-order valence-corrected chi connectivity index (χ2v) is 4.57. The summed E-state index contributed by atoms with van der Waals surface area (Å²) in [4.78, 5) is 4.30. The number of hydrogen-bond acceptors (Lipinski definition) is 3. The zero-order chi connectivity index (χ0) is 14.8. The van der Waals surface area contributed by atoms with Crippen LogP contribution in [-0.2, 0) is 0 Å². The van der Waals surface area contributed by atoms with Gasteiger partial charge in [-0.1, -0.05) is 18.2 Å². The number of rotatable bonds is 4. The summed E-state index contributed by atoms with van der Waals surface area (Å²) in [7, 11) is 0. The van der Waals surface area contributed by atoms with E-state index in [1.807, 2.05) is 25.1 Å². The molecular formula is C14H15F3N2O. The normalized spacial score (nSPS) is 13.4. The highest BCUT2D eigenvalue weighted by molar-refractivity contribution is 5.84. The molecule has 0 bridgehead atoms. The van der Waals surface area contributed by atoms with E-state index in [0.717, 1.165) is 11.1 Å². The van der Waals surface area contributed by atoms with Gasteiger partial charge < -0.3 is 10.5 Å². The predicted molar refractivity (Wildman–Crippen MR) is 70.6 cm³/mol. The molecule has 1 aromatic carbocycles. The molecule has 6 heteroatoms. The third kappa shape index (κ3) is 3.19. The molecule has 20 heavy (non-hydrogen) atoms. The van der Waals surface area contributed by atoms with Crippen molar-refractivity contribution in [1.29, 1.82) is 0 Å². The highest BCUT2D eigenvalue weighted by Crippen LogP contribution is 2.28. The molecule has 0 aliphatic carbocycles. The number of nitrogens with zero attached hydrogens (tertiary/aromatic N) is 1. The Labute approximate surface area is 114 Å². The first-order valence-corrected chi connectivity index (χ1v) is 6.18. The van der Waals surface area contributed by atoms with Crippen molar-refractivity contribution in [3.8, 4) is 5.75 Å². The zero-order valence-electron chi connectivity index (χ0n) is 10.9. The van der Waals surface area contributed by atoms with E-state index < -0.39 is 25.2 Å². The van der Waals surface area contributed by atoms with E-state index in [0.29, 0.717) is 11.3 Å². The number of alkyl halides is 3. The Balaban J connectivity index is 2.23. The van der Waals surface area contributed by atoms with Crippen LogP contribution >= 0.6 is 0 Å². The van der Waals surface area contributed by atoms with E-state index in [9.17, 15) is 13.2 Å². The van der Waals surface area contributed by atoms with Gasteiger partial charge in [0.25, 0.3) is 0 Å². The van der Waals surface area contributed by atoms with Crippen LogP contribution in [0.15, 0.2) is 30.3 Å². The summed E-state index contributed by atoms with van der Waals surface area (Å²) in [6, 6.07) is 8.86. The minimum absolute atomic E-state index is 0.342. The number of fused-ring (bicyclic) bond motifs is 1. The fourth-order valence-electron chi connectivity index (χ4n) is 1.82. The topological polar surface area (TPSA) is 48.1 Å². The van der Waals surface area contributed by atoms with Crippen molar-refractivity contribution < 1.29 is 17.9 Å². The van der Waals surface area contributed by atoms with Gasteiger partial charge in [0.2, 0.25) is 0 Å². The second kappa shape index (κ2) is 5.66. The molecule has 0 spiro atoms. The first-order chi connectivity index (χ1) is 9.41. The lowest BCUT2D eigenvalue weighted by Gasteiger charge is -2.19. The molecule has 0 saturated carbocycles. The van der Waals surface area contributed by atoms with E-state index in [-0.39, 0.29) is 0 Å². The Bertz CT molecular complexity index is 598. The maximum atomic E-state index is 12.6. The number of nitrogens with two attached hydrogens (primary N) is 1. The third-order valence-electron chi connectivity index (χ3n) is 3.01. The van der Waals surface area contributed by atoms with Crippen LogP contribution in [0.3, 0.4) is 0 Å². The summed E-state index contributed by atoms with van der Waals surface area (Å²) in [5, 5.41) is 0.824. The number of ether oxygens (including phenoxy) is 1. The molecule has 108 valence electrons. The molecule has 1 heterocycles. The molecule has 2 rings (SSSR count). The highest BCUT2D eigenvalue weighted by Gasteiger charge is 2.39. The maximum Gasteiger partial charge on any atom is 0.396 e. The number of benzene rings is 1. The molecule has 0 saturated heterocycles. The average Bonchev–Trinajstić information content (AvgIpc) is 2.38. The fraction of sp³-hybridized carbons (Fsp3) is 0.357. The molecule has 2 N–H and O–H groups in total. The van der Waals surface area contributed by atoms with E-state index >= 15 is 0 Å². The molecule has 2 aromatic rings. The number of halogens is 3. The molecule has 0 fully saturated rings. The molecular weight excluding hydrogens is 269 g/mol. The Hall–Kier alpha value is -1.82. The van der Waals surface area contributed by atoms with Crippen molar-refractivity contribution in [3.05, 3.63) is 36.0 Å². The van der Waals surface area contributed by atoms with Crippen molar-refractivity contribution in [3.63, 3.8) is 0 Å². The Morgan fingerprint density at radius 3 is 2.65 bits per heavy atom. The van der Waals surface area contributed by atoms with E-state index in [1.165, 1.54) is 0 Å². The summed E-state index contributed by atoms with van der Waals surface area (Å²) in [6.45, 7) is 0.810. The SMILES string of the molecule is Cc1ccc2cccc(OCC(CN)C(F)(F)F)c2n1. The number of hydrogen-bond donors (Lipinski definition) is 1. The van der Waals surface area contributed by atoms with Crippen LogP contribution in [0.2, 0.25) is 0 Å². The van der Waals surface area contributed by atoms with Crippen molar-refractivity contribution >= 4 is 10.9 Å². The molecule has 0 aliphatic rings. The van der Waals surface area contributed by atoms with Crippen LogP contribution in [0, 0.1) is 12.8 Å². The Kier molecular flexibility index (Phi) is 4.13.